The van der Waals surface area contributed by atoms with Crippen LogP contribution < -0.4 is 10.1 Å². The fourth-order valence-corrected chi connectivity index (χ4v) is 2.60. The van der Waals surface area contributed by atoms with Crippen LogP contribution in [0.15, 0.2) is 35.7 Å². The number of hydrogen-bond donors (Lipinski definition) is 1. The van der Waals surface area contributed by atoms with Gasteiger partial charge < -0.3 is 14.8 Å². The van der Waals surface area contributed by atoms with Gasteiger partial charge in [0.15, 0.2) is 12.4 Å². The Morgan fingerprint density at radius 1 is 1.29 bits per heavy atom. The Hall–Kier alpha value is -2.94. The molecule has 0 bridgehead atoms. The van der Waals surface area contributed by atoms with E-state index in [9.17, 15) is 19.7 Å². The minimum atomic E-state index is -0.592. The molecule has 0 aliphatic rings. The molecule has 0 unspecified atom stereocenters. The number of nitro benzene ring substituents is 1. The number of benzene rings is 1. The fraction of sp³-hybridized carbons (Fsp3) is 0.200. The number of nitrogens with one attached hydrogen (secondary N) is 1. The standard InChI is InChI=1S/C15H14N2O6S/c1-2-22-15(19)10-7-8-24-14(10)16-13(18)9-23-12-6-4-3-5-11(12)17(20)21/h3-8H,2,9H2,1H3,(H,16,18). The van der Waals surface area contributed by atoms with Gasteiger partial charge in [-0.05, 0) is 24.4 Å². The van der Waals surface area contributed by atoms with Crippen molar-refractivity contribution in [2.75, 3.05) is 18.5 Å². The molecule has 9 heteroatoms. The van der Waals surface area contributed by atoms with Crippen LogP contribution in [0.3, 0.4) is 0 Å². The van der Waals surface area contributed by atoms with Crippen LogP contribution in [0.2, 0.25) is 0 Å². The molecule has 0 saturated carbocycles. The lowest BCUT2D eigenvalue weighted by atomic mass is 10.3. The molecule has 0 saturated heterocycles. The molecule has 1 aromatic carbocycles. The minimum Gasteiger partial charge on any atom is -0.477 e. The molecule has 0 atom stereocenters. The monoisotopic (exact) mass is 350 g/mol. The number of amides is 1. The largest absolute Gasteiger partial charge is 0.477 e. The molecule has 8 nitrogen and oxygen atoms in total. The number of ether oxygens (including phenoxy) is 2. The van der Waals surface area contributed by atoms with Crippen molar-refractivity contribution >= 4 is 33.9 Å². The molecule has 1 aromatic heterocycles. The molecule has 24 heavy (non-hydrogen) atoms. The first-order chi connectivity index (χ1) is 11.5. The number of rotatable bonds is 7. The molecule has 2 aromatic rings. The van der Waals surface area contributed by atoms with Crippen LogP contribution in [-0.2, 0) is 9.53 Å². The molecule has 0 aliphatic heterocycles. The summed E-state index contributed by atoms with van der Waals surface area (Å²) in [6, 6.07) is 7.30. The number of carbonyl (C=O) groups excluding carboxylic acids is 2. The highest BCUT2D eigenvalue weighted by Crippen LogP contribution is 2.26. The van der Waals surface area contributed by atoms with Crippen LogP contribution in [0, 0.1) is 10.1 Å². The Morgan fingerprint density at radius 3 is 2.75 bits per heavy atom. The average Bonchev–Trinajstić information content (AvgIpc) is 3.01. The molecule has 2 rings (SSSR count). The van der Waals surface area contributed by atoms with Crippen molar-refractivity contribution in [1.29, 1.82) is 0 Å². The molecule has 1 N–H and O–H groups in total. The van der Waals surface area contributed by atoms with Crippen molar-refractivity contribution in [2.45, 2.75) is 6.92 Å². The third kappa shape index (κ3) is 4.29. The smallest absolute Gasteiger partial charge is 0.341 e. The molecule has 0 aliphatic carbocycles. The maximum Gasteiger partial charge on any atom is 0.341 e. The Morgan fingerprint density at radius 2 is 2.04 bits per heavy atom. The molecule has 1 heterocycles. The number of hydrogen-bond acceptors (Lipinski definition) is 7. The highest BCUT2D eigenvalue weighted by atomic mass is 32.1. The number of carbonyl (C=O) groups is 2. The van der Waals surface area contributed by atoms with Gasteiger partial charge in [0.2, 0.25) is 0 Å². The Bertz CT molecular complexity index is 758. The average molecular weight is 350 g/mol. The molecular formula is C15H14N2O6S. The Kier molecular flexibility index (Phi) is 5.85. The lowest BCUT2D eigenvalue weighted by molar-refractivity contribution is -0.385. The number of anilines is 1. The summed E-state index contributed by atoms with van der Waals surface area (Å²) in [6.07, 6.45) is 0. The fourth-order valence-electron chi connectivity index (χ4n) is 1.81. The minimum absolute atomic E-state index is 0.00514. The number of nitrogens with zero attached hydrogens (tertiary/aromatic N) is 1. The van der Waals surface area contributed by atoms with E-state index >= 15 is 0 Å². The van der Waals surface area contributed by atoms with E-state index in [1.54, 1.807) is 24.4 Å². The van der Waals surface area contributed by atoms with E-state index in [-0.39, 0.29) is 23.6 Å². The second-order valence-electron chi connectivity index (χ2n) is 4.45. The van der Waals surface area contributed by atoms with Crippen molar-refractivity contribution in [3.05, 3.63) is 51.4 Å². The highest BCUT2D eigenvalue weighted by Gasteiger charge is 2.18. The van der Waals surface area contributed by atoms with E-state index in [4.69, 9.17) is 9.47 Å². The number of para-hydroxylation sites is 2. The zero-order chi connectivity index (χ0) is 17.5. The maximum atomic E-state index is 11.9. The van der Waals surface area contributed by atoms with E-state index in [2.05, 4.69) is 5.32 Å². The first-order valence-corrected chi connectivity index (χ1v) is 7.81. The van der Waals surface area contributed by atoms with E-state index < -0.39 is 23.4 Å². The van der Waals surface area contributed by atoms with Gasteiger partial charge in [0.05, 0.1) is 17.1 Å². The van der Waals surface area contributed by atoms with Crippen molar-refractivity contribution in [2.24, 2.45) is 0 Å². The predicted octanol–water partition coefficient (Wildman–Crippen LogP) is 2.85. The molecule has 0 radical (unpaired) electrons. The van der Waals surface area contributed by atoms with Gasteiger partial charge in [-0.2, -0.15) is 0 Å². The van der Waals surface area contributed by atoms with Gasteiger partial charge >= 0.3 is 11.7 Å². The van der Waals surface area contributed by atoms with Crippen molar-refractivity contribution < 1.29 is 24.0 Å². The molecular weight excluding hydrogens is 336 g/mol. The summed E-state index contributed by atoms with van der Waals surface area (Å²) < 4.78 is 10.1. The van der Waals surface area contributed by atoms with Crippen LogP contribution in [0.4, 0.5) is 10.7 Å². The summed E-state index contributed by atoms with van der Waals surface area (Å²) in [5.74, 6) is -1.08. The third-order valence-corrected chi connectivity index (χ3v) is 3.66. The Labute approximate surface area is 141 Å². The number of thiophene rings is 1. The van der Waals surface area contributed by atoms with Gasteiger partial charge in [0, 0.05) is 6.07 Å². The normalized spacial score (nSPS) is 10.0. The van der Waals surface area contributed by atoms with Crippen LogP contribution in [0.1, 0.15) is 17.3 Å². The van der Waals surface area contributed by atoms with Crippen LogP contribution in [0.25, 0.3) is 0 Å². The summed E-state index contributed by atoms with van der Waals surface area (Å²) in [5, 5.41) is 15.4. The zero-order valence-corrected chi connectivity index (χ0v) is 13.5. The number of nitro groups is 1. The molecule has 0 spiro atoms. The second-order valence-corrected chi connectivity index (χ2v) is 5.36. The van der Waals surface area contributed by atoms with Crippen molar-refractivity contribution in [3.63, 3.8) is 0 Å². The van der Waals surface area contributed by atoms with E-state index in [0.29, 0.717) is 5.00 Å². The van der Waals surface area contributed by atoms with Crippen LogP contribution in [-0.4, -0.2) is 30.0 Å². The van der Waals surface area contributed by atoms with Gasteiger partial charge in [-0.3, -0.25) is 14.9 Å². The van der Waals surface area contributed by atoms with Crippen LogP contribution >= 0.6 is 11.3 Å². The molecule has 0 fully saturated rings. The second kappa shape index (κ2) is 8.06. The summed E-state index contributed by atoms with van der Waals surface area (Å²) in [7, 11) is 0. The molecule has 126 valence electrons. The summed E-state index contributed by atoms with van der Waals surface area (Å²) >= 11 is 1.17. The van der Waals surface area contributed by atoms with Gasteiger partial charge in [-0.25, -0.2) is 4.79 Å². The zero-order valence-electron chi connectivity index (χ0n) is 12.7. The first kappa shape index (κ1) is 17.4. The summed E-state index contributed by atoms with van der Waals surface area (Å²) in [4.78, 5) is 34.0. The van der Waals surface area contributed by atoms with Gasteiger partial charge in [-0.15, -0.1) is 11.3 Å². The lowest BCUT2D eigenvalue weighted by Crippen LogP contribution is -2.21. The number of esters is 1. The Balaban J connectivity index is 1.99. The third-order valence-electron chi connectivity index (χ3n) is 2.83. The van der Waals surface area contributed by atoms with Gasteiger partial charge in [0.25, 0.3) is 5.91 Å². The maximum absolute atomic E-state index is 11.9. The van der Waals surface area contributed by atoms with E-state index in [1.807, 2.05) is 0 Å². The van der Waals surface area contributed by atoms with Crippen molar-refractivity contribution in [1.82, 2.24) is 0 Å². The van der Waals surface area contributed by atoms with E-state index in [1.165, 1.54) is 29.5 Å². The van der Waals surface area contributed by atoms with Gasteiger partial charge in [-0.1, -0.05) is 12.1 Å². The van der Waals surface area contributed by atoms with E-state index in [0.717, 1.165) is 0 Å². The predicted molar refractivity (Wildman–Crippen MR) is 87.5 cm³/mol. The SMILES string of the molecule is CCOC(=O)c1ccsc1NC(=O)COc1ccccc1[N+](=O)[O-]. The quantitative estimate of drug-likeness (QED) is 0.467. The highest BCUT2D eigenvalue weighted by molar-refractivity contribution is 7.14. The summed E-state index contributed by atoms with van der Waals surface area (Å²) in [6.45, 7) is 1.48. The molecule has 1 amide bonds. The summed E-state index contributed by atoms with van der Waals surface area (Å²) in [5.41, 5.74) is 0.0227. The first-order valence-electron chi connectivity index (χ1n) is 6.93. The van der Waals surface area contributed by atoms with Crippen molar-refractivity contribution in [3.8, 4) is 5.75 Å². The van der Waals surface area contributed by atoms with Crippen LogP contribution in [0.5, 0.6) is 5.75 Å². The lowest BCUT2D eigenvalue weighted by Gasteiger charge is -2.08. The van der Waals surface area contributed by atoms with Gasteiger partial charge in [0.1, 0.15) is 5.00 Å². The topological polar surface area (TPSA) is 108 Å².